The van der Waals surface area contributed by atoms with Crippen LogP contribution in [-0.4, -0.2) is 62.0 Å². The molecule has 7 heteroatoms. The van der Waals surface area contributed by atoms with Crippen LogP contribution in [0.5, 0.6) is 0 Å². The summed E-state index contributed by atoms with van der Waals surface area (Å²) in [4.78, 5) is 36.5. The number of ether oxygens (including phenoxy) is 2. The van der Waals surface area contributed by atoms with E-state index in [9.17, 15) is 14.4 Å². The fourth-order valence-electron chi connectivity index (χ4n) is 2.75. The Balaban J connectivity index is 4.36. The molecule has 2 N–H and O–H groups in total. The summed E-state index contributed by atoms with van der Waals surface area (Å²) in [5.74, 6) is -0.372. The summed E-state index contributed by atoms with van der Waals surface area (Å²) in [6.45, 7) is 15.5. The molecule has 1 amide bonds. The molecule has 0 bridgehead atoms. The number of amides is 1. The second kappa shape index (κ2) is 13.8. The molecule has 0 spiro atoms. The number of carbonyl (C=O) groups excluding carboxylic acids is 3. The monoisotopic (exact) mass is 414 g/mol. The van der Waals surface area contributed by atoms with Crippen molar-refractivity contribution in [3.63, 3.8) is 0 Å². The predicted octanol–water partition coefficient (Wildman–Crippen LogP) is 2.66. The van der Waals surface area contributed by atoms with E-state index >= 15 is 0 Å². The summed E-state index contributed by atoms with van der Waals surface area (Å²) in [7, 11) is 0. The van der Waals surface area contributed by atoms with Gasteiger partial charge in [-0.1, -0.05) is 20.8 Å². The van der Waals surface area contributed by atoms with Gasteiger partial charge in [0.05, 0.1) is 25.9 Å². The van der Waals surface area contributed by atoms with Crippen LogP contribution in [0, 0.1) is 5.41 Å². The van der Waals surface area contributed by atoms with Crippen molar-refractivity contribution < 1.29 is 23.9 Å². The van der Waals surface area contributed by atoms with Gasteiger partial charge in [0, 0.05) is 23.9 Å². The highest BCUT2D eigenvalue weighted by Gasteiger charge is 2.35. The van der Waals surface area contributed by atoms with Crippen molar-refractivity contribution in [1.82, 2.24) is 10.6 Å². The largest absolute Gasteiger partial charge is 0.378 e. The second-order valence-electron chi connectivity index (χ2n) is 8.83. The lowest BCUT2D eigenvalue weighted by atomic mass is 9.76. The molecular formula is C22H42N2O5. The van der Waals surface area contributed by atoms with Crippen molar-refractivity contribution in [3.8, 4) is 0 Å². The number of nitrogens with one attached hydrogen (secondary N) is 2. The lowest BCUT2D eigenvalue weighted by Gasteiger charge is -2.30. The van der Waals surface area contributed by atoms with Crippen LogP contribution in [0.15, 0.2) is 0 Å². The Morgan fingerprint density at radius 2 is 1.52 bits per heavy atom. The Morgan fingerprint density at radius 3 is 2.03 bits per heavy atom. The second-order valence-corrected chi connectivity index (χ2v) is 8.83. The quantitative estimate of drug-likeness (QED) is 0.377. The highest BCUT2D eigenvalue weighted by Crippen LogP contribution is 2.29. The molecule has 0 fully saturated rings. The Hall–Kier alpha value is -1.31. The van der Waals surface area contributed by atoms with Gasteiger partial charge in [-0.2, -0.15) is 0 Å². The molecule has 0 aliphatic heterocycles. The smallest absolute Gasteiger partial charge is 0.246 e. The number of hydrogen-bond donors (Lipinski definition) is 2. The molecule has 0 saturated heterocycles. The van der Waals surface area contributed by atoms with Gasteiger partial charge in [0.15, 0.2) is 5.78 Å². The van der Waals surface area contributed by atoms with Crippen LogP contribution in [0.4, 0.5) is 0 Å². The maximum atomic E-state index is 12.9. The minimum Gasteiger partial charge on any atom is -0.378 e. The highest BCUT2D eigenvalue weighted by atomic mass is 16.5. The fourth-order valence-corrected chi connectivity index (χ4v) is 2.75. The number of Topliss-reactive ketones (excluding diaryl/α,β-unsaturated/α-hetero) is 2. The van der Waals surface area contributed by atoms with E-state index < -0.39 is 11.5 Å². The molecule has 7 nitrogen and oxygen atoms in total. The van der Waals surface area contributed by atoms with Crippen LogP contribution >= 0.6 is 0 Å². The number of carbonyl (C=O) groups is 3. The van der Waals surface area contributed by atoms with Gasteiger partial charge in [-0.15, -0.1) is 0 Å². The molecule has 0 aromatic carbocycles. The SMILES string of the molecule is CCC(C)(CC)C(=O)C(CCC(C)=O)NC(=O)COCCOCCNC(C)(C)C. The lowest BCUT2D eigenvalue weighted by Crippen LogP contribution is -2.48. The van der Waals surface area contributed by atoms with Gasteiger partial charge in [-0.05, 0) is 47.0 Å². The Labute approximate surface area is 176 Å². The van der Waals surface area contributed by atoms with Gasteiger partial charge in [0.1, 0.15) is 12.4 Å². The first-order valence-electron chi connectivity index (χ1n) is 10.7. The molecular weight excluding hydrogens is 372 g/mol. The van der Waals surface area contributed by atoms with Gasteiger partial charge in [0.25, 0.3) is 0 Å². The van der Waals surface area contributed by atoms with E-state index in [-0.39, 0.29) is 36.0 Å². The van der Waals surface area contributed by atoms with E-state index in [1.807, 2.05) is 20.8 Å². The van der Waals surface area contributed by atoms with Gasteiger partial charge >= 0.3 is 0 Å². The maximum Gasteiger partial charge on any atom is 0.246 e. The number of rotatable bonds is 16. The molecule has 0 aromatic heterocycles. The number of ketones is 2. The van der Waals surface area contributed by atoms with Crippen molar-refractivity contribution in [3.05, 3.63) is 0 Å². The maximum absolute atomic E-state index is 12.9. The topological polar surface area (TPSA) is 93.7 Å². The van der Waals surface area contributed by atoms with Crippen molar-refractivity contribution in [2.75, 3.05) is 33.0 Å². The summed E-state index contributed by atoms with van der Waals surface area (Å²) in [6.07, 6.45) is 1.95. The molecule has 0 saturated carbocycles. The molecule has 0 rings (SSSR count). The first-order chi connectivity index (χ1) is 13.4. The average molecular weight is 415 g/mol. The van der Waals surface area contributed by atoms with Crippen molar-refractivity contribution >= 4 is 17.5 Å². The van der Waals surface area contributed by atoms with Gasteiger partial charge in [0.2, 0.25) is 5.91 Å². The molecule has 1 atom stereocenters. The molecule has 1 unspecified atom stereocenters. The zero-order valence-corrected chi connectivity index (χ0v) is 19.5. The Bertz CT molecular complexity index is 510. The van der Waals surface area contributed by atoms with E-state index in [2.05, 4.69) is 31.4 Å². The van der Waals surface area contributed by atoms with Gasteiger partial charge in [-0.25, -0.2) is 0 Å². The van der Waals surface area contributed by atoms with Gasteiger partial charge < -0.3 is 24.9 Å². The van der Waals surface area contributed by atoms with Crippen LogP contribution < -0.4 is 10.6 Å². The minimum absolute atomic E-state index is 0.00102. The van der Waals surface area contributed by atoms with Crippen LogP contribution in [-0.2, 0) is 23.9 Å². The fraction of sp³-hybridized carbons (Fsp3) is 0.864. The van der Waals surface area contributed by atoms with Crippen molar-refractivity contribution in [2.24, 2.45) is 5.41 Å². The minimum atomic E-state index is -0.667. The summed E-state index contributed by atoms with van der Waals surface area (Å²) in [6, 6.07) is -0.667. The first-order valence-corrected chi connectivity index (χ1v) is 10.7. The molecule has 0 aromatic rings. The molecule has 0 aliphatic carbocycles. The predicted molar refractivity (Wildman–Crippen MR) is 115 cm³/mol. The van der Waals surface area contributed by atoms with Crippen LogP contribution in [0.25, 0.3) is 0 Å². The molecule has 0 heterocycles. The van der Waals surface area contributed by atoms with E-state index in [4.69, 9.17) is 9.47 Å². The van der Waals surface area contributed by atoms with Crippen LogP contribution in [0.2, 0.25) is 0 Å². The van der Waals surface area contributed by atoms with Gasteiger partial charge in [-0.3, -0.25) is 9.59 Å². The Morgan fingerprint density at radius 1 is 0.931 bits per heavy atom. The third-order valence-electron chi connectivity index (χ3n) is 5.10. The van der Waals surface area contributed by atoms with Crippen molar-refractivity contribution in [1.29, 1.82) is 0 Å². The third-order valence-corrected chi connectivity index (χ3v) is 5.10. The van der Waals surface area contributed by atoms with Crippen LogP contribution in [0.3, 0.4) is 0 Å². The number of hydrogen-bond acceptors (Lipinski definition) is 6. The summed E-state index contributed by atoms with van der Waals surface area (Å²) in [5, 5.41) is 6.08. The van der Waals surface area contributed by atoms with Crippen LogP contribution in [0.1, 0.15) is 74.1 Å². The lowest BCUT2D eigenvalue weighted by molar-refractivity contribution is -0.136. The van der Waals surface area contributed by atoms with E-state index in [1.54, 1.807) is 0 Å². The van der Waals surface area contributed by atoms with E-state index in [1.165, 1.54) is 6.92 Å². The molecule has 29 heavy (non-hydrogen) atoms. The summed E-state index contributed by atoms with van der Waals surface area (Å²) >= 11 is 0. The van der Waals surface area contributed by atoms with E-state index in [0.29, 0.717) is 39.1 Å². The summed E-state index contributed by atoms with van der Waals surface area (Å²) in [5.41, 5.74) is -0.454. The molecule has 170 valence electrons. The normalized spacial score (nSPS) is 13.2. The summed E-state index contributed by atoms with van der Waals surface area (Å²) < 4.78 is 10.8. The zero-order chi connectivity index (χ0) is 22.5. The zero-order valence-electron chi connectivity index (χ0n) is 19.5. The van der Waals surface area contributed by atoms with E-state index in [0.717, 1.165) is 6.54 Å². The first kappa shape index (κ1) is 27.7. The standard InChI is InChI=1S/C22H42N2O5/c1-8-22(7,9-2)20(27)18(11-10-17(3)25)24-19(26)16-29-15-14-28-13-12-23-21(4,5)6/h18,23H,8-16H2,1-7H3,(H,24,26). The highest BCUT2D eigenvalue weighted by molar-refractivity contribution is 5.93. The third kappa shape index (κ3) is 12.8. The molecule has 0 aliphatic rings. The van der Waals surface area contributed by atoms with Crippen molar-refractivity contribution in [2.45, 2.75) is 85.7 Å². The Kier molecular flexibility index (Phi) is 13.2. The molecule has 0 radical (unpaired) electrons. The average Bonchev–Trinajstić information content (AvgIpc) is 2.64.